The van der Waals surface area contributed by atoms with E-state index in [-0.39, 0.29) is 5.82 Å². The SMILES string of the molecule is CCC1CCC(N(C)Cc2ccc(F)cc2CN)CC1. The molecule has 1 saturated carbocycles. The maximum atomic E-state index is 13.2. The van der Waals surface area contributed by atoms with Crippen molar-refractivity contribution < 1.29 is 4.39 Å². The van der Waals surface area contributed by atoms with E-state index in [4.69, 9.17) is 5.73 Å². The quantitative estimate of drug-likeness (QED) is 0.890. The van der Waals surface area contributed by atoms with Crippen molar-refractivity contribution in [1.82, 2.24) is 4.90 Å². The predicted molar refractivity (Wildman–Crippen MR) is 81.8 cm³/mol. The summed E-state index contributed by atoms with van der Waals surface area (Å²) in [6.07, 6.45) is 6.57. The minimum Gasteiger partial charge on any atom is -0.326 e. The zero-order valence-corrected chi connectivity index (χ0v) is 12.7. The highest BCUT2D eigenvalue weighted by Gasteiger charge is 2.23. The van der Waals surface area contributed by atoms with Crippen LogP contribution in [0.15, 0.2) is 18.2 Å². The van der Waals surface area contributed by atoms with E-state index in [0.29, 0.717) is 12.6 Å². The lowest BCUT2D eigenvalue weighted by molar-refractivity contribution is 0.157. The molecule has 0 aliphatic heterocycles. The maximum absolute atomic E-state index is 13.2. The van der Waals surface area contributed by atoms with Gasteiger partial charge in [-0.3, -0.25) is 4.90 Å². The van der Waals surface area contributed by atoms with Crippen molar-refractivity contribution in [3.05, 3.63) is 35.1 Å². The Morgan fingerprint density at radius 2 is 1.90 bits per heavy atom. The zero-order chi connectivity index (χ0) is 14.5. The summed E-state index contributed by atoms with van der Waals surface area (Å²) in [6.45, 7) is 3.57. The van der Waals surface area contributed by atoms with Crippen LogP contribution in [0.4, 0.5) is 4.39 Å². The van der Waals surface area contributed by atoms with Crippen LogP contribution in [-0.4, -0.2) is 18.0 Å². The fourth-order valence-electron chi connectivity index (χ4n) is 3.33. The molecule has 20 heavy (non-hydrogen) atoms. The van der Waals surface area contributed by atoms with Gasteiger partial charge in [0.05, 0.1) is 0 Å². The topological polar surface area (TPSA) is 29.3 Å². The summed E-state index contributed by atoms with van der Waals surface area (Å²) in [6, 6.07) is 5.65. The van der Waals surface area contributed by atoms with Crippen LogP contribution in [0.2, 0.25) is 0 Å². The Hall–Kier alpha value is -0.930. The Balaban J connectivity index is 1.96. The molecule has 2 nitrogen and oxygen atoms in total. The van der Waals surface area contributed by atoms with Gasteiger partial charge in [-0.25, -0.2) is 4.39 Å². The molecule has 0 unspecified atom stereocenters. The molecule has 0 heterocycles. The van der Waals surface area contributed by atoms with Crippen molar-refractivity contribution in [2.75, 3.05) is 7.05 Å². The van der Waals surface area contributed by atoms with E-state index in [1.165, 1.54) is 38.2 Å². The molecule has 0 amide bonds. The summed E-state index contributed by atoms with van der Waals surface area (Å²) in [4.78, 5) is 2.41. The number of hydrogen-bond acceptors (Lipinski definition) is 2. The van der Waals surface area contributed by atoms with Crippen molar-refractivity contribution in [3.63, 3.8) is 0 Å². The Morgan fingerprint density at radius 1 is 1.20 bits per heavy atom. The Morgan fingerprint density at radius 3 is 2.50 bits per heavy atom. The third kappa shape index (κ3) is 3.80. The highest BCUT2D eigenvalue weighted by Crippen LogP contribution is 2.29. The minimum atomic E-state index is -0.194. The van der Waals surface area contributed by atoms with Crippen LogP contribution >= 0.6 is 0 Å². The molecule has 1 aromatic carbocycles. The zero-order valence-electron chi connectivity index (χ0n) is 12.7. The van der Waals surface area contributed by atoms with Gasteiger partial charge in [0, 0.05) is 19.1 Å². The average molecular weight is 278 g/mol. The van der Waals surface area contributed by atoms with Gasteiger partial charge < -0.3 is 5.73 Å². The molecule has 0 atom stereocenters. The molecular formula is C17H27FN2. The average Bonchev–Trinajstić information content (AvgIpc) is 2.49. The van der Waals surface area contributed by atoms with E-state index in [2.05, 4.69) is 18.9 Å². The first-order valence-electron chi connectivity index (χ1n) is 7.81. The fourth-order valence-corrected chi connectivity index (χ4v) is 3.33. The minimum absolute atomic E-state index is 0.194. The van der Waals surface area contributed by atoms with Crippen LogP contribution < -0.4 is 5.73 Å². The van der Waals surface area contributed by atoms with Crippen molar-refractivity contribution >= 4 is 0 Å². The Labute approximate surface area is 122 Å². The molecule has 0 bridgehead atoms. The van der Waals surface area contributed by atoms with Gasteiger partial charge in [0.2, 0.25) is 0 Å². The van der Waals surface area contributed by atoms with Crippen molar-refractivity contribution in [2.24, 2.45) is 11.7 Å². The smallest absolute Gasteiger partial charge is 0.123 e. The lowest BCUT2D eigenvalue weighted by Gasteiger charge is -2.34. The molecule has 0 spiro atoms. The molecule has 0 saturated heterocycles. The highest BCUT2D eigenvalue weighted by molar-refractivity contribution is 5.27. The summed E-state index contributed by atoms with van der Waals surface area (Å²) in [5, 5.41) is 0. The summed E-state index contributed by atoms with van der Waals surface area (Å²) >= 11 is 0. The molecule has 1 aliphatic rings. The normalized spacial score (nSPS) is 23.2. The van der Waals surface area contributed by atoms with Crippen LogP contribution in [0.3, 0.4) is 0 Å². The van der Waals surface area contributed by atoms with E-state index in [9.17, 15) is 4.39 Å². The van der Waals surface area contributed by atoms with Crippen molar-refractivity contribution in [2.45, 2.75) is 58.2 Å². The lowest BCUT2D eigenvalue weighted by atomic mass is 9.84. The van der Waals surface area contributed by atoms with Gasteiger partial charge in [0.1, 0.15) is 5.82 Å². The molecular weight excluding hydrogens is 251 g/mol. The monoisotopic (exact) mass is 278 g/mol. The van der Waals surface area contributed by atoms with E-state index in [1.807, 2.05) is 6.07 Å². The summed E-state index contributed by atoms with van der Waals surface area (Å²) in [5.41, 5.74) is 7.82. The molecule has 0 aromatic heterocycles. The van der Waals surface area contributed by atoms with Crippen molar-refractivity contribution in [3.8, 4) is 0 Å². The second-order valence-corrected chi connectivity index (χ2v) is 6.12. The first kappa shape index (κ1) is 15.5. The largest absolute Gasteiger partial charge is 0.326 e. The van der Waals surface area contributed by atoms with E-state index < -0.39 is 0 Å². The number of hydrogen-bond donors (Lipinski definition) is 1. The summed E-state index contributed by atoms with van der Waals surface area (Å²) in [5.74, 6) is 0.727. The number of nitrogens with two attached hydrogens (primary N) is 1. The van der Waals surface area contributed by atoms with Crippen LogP contribution in [0, 0.1) is 11.7 Å². The van der Waals surface area contributed by atoms with Crippen LogP contribution in [0.5, 0.6) is 0 Å². The highest BCUT2D eigenvalue weighted by atomic mass is 19.1. The van der Waals surface area contributed by atoms with Crippen molar-refractivity contribution in [1.29, 1.82) is 0 Å². The molecule has 1 fully saturated rings. The molecule has 2 rings (SSSR count). The second kappa shape index (κ2) is 7.19. The molecule has 1 aromatic rings. The van der Waals surface area contributed by atoms with Gasteiger partial charge >= 0.3 is 0 Å². The fraction of sp³-hybridized carbons (Fsp3) is 0.647. The van der Waals surface area contributed by atoms with Gasteiger partial charge in [-0.15, -0.1) is 0 Å². The van der Waals surface area contributed by atoms with Gasteiger partial charge in [-0.1, -0.05) is 19.4 Å². The first-order valence-corrected chi connectivity index (χ1v) is 7.81. The number of benzene rings is 1. The Bertz CT molecular complexity index is 425. The van der Waals surface area contributed by atoms with E-state index in [1.54, 1.807) is 6.07 Å². The van der Waals surface area contributed by atoms with E-state index >= 15 is 0 Å². The summed E-state index contributed by atoms with van der Waals surface area (Å²) < 4.78 is 13.2. The molecule has 0 radical (unpaired) electrons. The van der Waals surface area contributed by atoms with Gasteiger partial charge in [0.25, 0.3) is 0 Å². The number of nitrogens with zero attached hydrogens (tertiary/aromatic N) is 1. The maximum Gasteiger partial charge on any atom is 0.123 e. The predicted octanol–water partition coefficient (Wildman–Crippen LogP) is 3.69. The van der Waals surface area contributed by atoms with Gasteiger partial charge in [-0.2, -0.15) is 0 Å². The lowest BCUT2D eigenvalue weighted by Crippen LogP contribution is -2.35. The molecule has 112 valence electrons. The second-order valence-electron chi connectivity index (χ2n) is 6.12. The molecule has 3 heteroatoms. The number of rotatable bonds is 5. The third-order valence-electron chi connectivity index (χ3n) is 4.82. The van der Waals surface area contributed by atoms with E-state index in [0.717, 1.165) is 23.6 Å². The van der Waals surface area contributed by atoms with Gasteiger partial charge in [-0.05, 0) is 61.9 Å². The Kier molecular flexibility index (Phi) is 5.55. The summed E-state index contributed by atoms with van der Waals surface area (Å²) in [7, 11) is 2.18. The standard InChI is InChI=1S/C17H27FN2/c1-3-13-4-8-17(9-5-13)20(2)12-14-6-7-16(18)10-15(14)11-19/h6-7,10,13,17H,3-5,8-9,11-12,19H2,1-2H3. The van der Waals surface area contributed by atoms with Crippen LogP contribution in [0.25, 0.3) is 0 Å². The first-order chi connectivity index (χ1) is 9.63. The number of halogens is 1. The molecule has 1 aliphatic carbocycles. The van der Waals surface area contributed by atoms with Crippen LogP contribution in [-0.2, 0) is 13.1 Å². The van der Waals surface area contributed by atoms with Crippen LogP contribution in [0.1, 0.15) is 50.2 Å². The van der Waals surface area contributed by atoms with Gasteiger partial charge in [0.15, 0.2) is 0 Å². The molecule has 2 N–H and O–H groups in total. The third-order valence-corrected chi connectivity index (χ3v) is 4.82.